The third kappa shape index (κ3) is 4.45. The van der Waals surface area contributed by atoms with E-state index in [1.165, 1.54) is 12.0 Å². The molecule has 1 aliphatic rings. The van der Waals surface area contributed by atoms with E-state index in [1.54, 1.807) is 12.3 Å². The highest BCUT2D eigenvalue weighted by molar-refractivity contribution is 6.00. The summed E-state index contributed by atoms with van der Waals surface area (Å²) >= 11 is 0. The van der Waals surface area contributed by atoms with Crippen LogP contribution in [0.5, 0.6) is 5.75 Å². The number of ether oxygens (including phenoxy) is 1. The Kier molecular flexibility index (Phi) is 6.69. The first kappa shape index (κ1) is 22.2. The number of likely N-dealkylation sites (tertiary alicyclic amines) is 1. The Balaban J connectivity index is 1.74. The number of hydrogen-bond donors (Lipinski definition) is 0. The fraction of sp³-hybridized carbons (Fsp3) is 0.393. The monoisotopic (exact) mass is 431 g/mol. The van der Waals surface area contributed by atoms with Crippen LogP contribution in [0, 0.1) is 6.92 Å². The predicted molar refractivity (Wildman–Crippen MR) is 131 cm³/mol. The first-order valence-electron chi connectivity index (χ1n) is 11.8. The molecule has 1 amide bonds. The molecule has 2 heterocycles. The number of rotatable bonds is 6. The van der Waals surface area contributed by atoms with Crippen LogP contribution in [-0.2, 0) is 4.79 Å². The van der Waals surface area contributed by atoms with Crippen molar-refractivity contribution < 1.29 is 13.9 Å². The van der Waals surface area contributed by atoms with Gasteiger partial charge in [0.05, 0.1) is 12.9 Å². The molecule has 1 aromatic heterocycles. The summed E-state index contributed by atoms with van der Waals surface area (Å²) in [5, 5.41) is 1.02. The molecule has 1 unspecified atom stereocenters. The molecular weight excluding hydrogens is 398 g/mol. The second-order valence-corrected chi connectivity index (χ2v) is 8.71. The van der Waals surface area contributed by atoms with E-state index in [4.69, 9.17) is 9.15 Å². The zero-order valence-electron chi connectivity index (χ0n) is 19.6. The van der Waals surface area contributed by atoms with Crippen molar-refractivity contribution in [3.63, 3.8) is 0 Å². The Bertz CT molecular complexity index is 1120. The molecule has 4 rings (SSSR count). The average Bonchev–Trinajstić information content (AvgIpc) is 3.22. The van der Waals surface area contributed by atoms with Crippen molar-refractivity contribution in [1.29, 1.82) is 0 Å². The van der Waals surface area contributed by atoms with Gasteiger partial charge in [-0.1, -0.05) is 36.8 Å². The lowest BCUT2D eigenvalue weighted by atomic mass is 9.97. The molecule has 0 N–H and O–H groups in total. The van der Waals surface area contributed by atoms with Gasteiger partial charge in [0.1, 0.15) is 11.3 Å². The van der Waals surface area contributed by atoms with Crippen molar-refractivity contribution in [2.75, 3.05) is 13.2 Å². The van der Waals surface area contributed by atoms with E-state index < -0.39 is 0 Å². The minimum Gasteiger partial charge on any atom is -0.493 e. The van der Waals surface area contributed by atoms with E-state index in [2.05, 4.69) is 44.2 Å². The molecule has 4 heteroatoms. The van der Waals surface area contributed by atoms with Gasteiger partial charge in [-0.05, 0) is 63.7 Å². The van der Waals surface area contributed by atoms with Gasteiger partial charge in [0, 0.05) is 41.2 Å². The second kappa shape index (κ2) is 9.64. The van der Waals surface area contributed by atoms with Gasteiger partial charge < -0.3 is 14.1 Å². The number of carbonyl (C=O) groups is 1. The van der Waals surface area contributed by atoms with Crippen LogP contribution in [0.2, 0.25) is 0 Å². The number of nitrogens with zero attached hydrogens (tertiary/aromatic N) is 1. The van der Waals surface area contributed by atoms with Gasteiger partial charge in [-0.25, -0.2) is 0 Å². The lowest BCUT2D eigenvalue weighted by Gasteiger charge is -2.34. The van der Waals surface area contributed by atoms with Crippen LogP contribution in [0.1, 0.15) is 57.6 Å². The summed E-state index contributed by atoms with van der Waals surface area (Å²) in [4.78, 5) is 15.2. The highest BCUT2D eigenvalue weighted by atomic mass is 16.5. The zero-order valence-corrected chi connectivity index (χ0v) is 19.6. The highest BCUT2D eigenvalue weighted by Gasteiger charge is 2.24. The number of hydrogen-bond acceptors (Lipinski definition) is 3. The van der Waals surface area contributed by atoms with Crippen molar-refractivity contribution in [2.45, 2.75) is 59.4 Å². The second-order valence-electron chi connectivity index (χ2n) is 8.71. The molecular formula is C28H33NO3. The van der Waals surface area contributed by atoms with Crippen LogP contribution in [0.3, 0.4) is 0 Å². The Morgan fingerprint density at radius 3 is 2.69 bits per heavy atom. The summed E-state index contributed by atoms with van der Waals surface area (Å²) in [6.45, 7) is 9.61. The van der Waals surface area contributed by atoms with Crippen LogP contribution >= 0.6 is 0 Å². The molecule has 1 fully saturated rings. The number of amides is 1. The minimum absolute atomic E-state index is 0.0996. The van der Waals surface area contributed by atoms with Crippen LogP contribution in [-0.4, -0.2) is 30.0 Å². The molecule has 1 saturated heterocycles. The van der Waals surface area contributed by atoms with Crippen LogP contribution < -0.4 is 4.74 Å². The standard InChI is InChI=1S/C28H33NO3/c1-5-22-9-7-8-14-29(22)28(30)15-20(4)23-16-24-25(21-12-10-19(3)11-13-21)18-32-27(24)17-26(23)31-6-2/h10-13,15-18,22H,5-9,14H2,1-4H3/b20-15+. The molecule has 0 radical (unpaired) electrons. The number of piperidine rings is 1. The zero-order chi connectivity index (χ0) is 22.7. The van der Waals surface area contributed by atoms with Gasteiger partial charge in [-0.3, -0.25) is 4.79 Å². The Morgan fingerprint density at radius 1 is 1.19 bits per heavy atom. The van der Waals surface area contributed by atoms with Crippen LogP contribution in [0.15, 0.2) is 53.2 Å². The fourth-order valence-corrected chi connectivity index (χ4v) is 4.66. The number of allylic oxidation sites excluding steroid dienone is 1. The summed E-state index contributed by atoms with van der Waals surface area (Å²) in [7, 11) is 0. The molecule has 1 aliphatic heterocycles. The molecule has 1 atom stereocenters. The number of fused-ring (bicyclic) bond motifs is 1. The summed E-state index contributed by atoms with van der Waals surface area (Å²) in [6.07, 6.45) is 7.98. The van der Waals surface area contributed by atoms with Crippen molar-refractivity contribution in [3.05, 3.63) is 59.9 Å². The third-order valence-electron chi connectivity index (χ3n) is 6.48. The average molecular weight is 432 g/mol. The summed E-state index contributed by atoms with van der Waals surface area (Å²) in [5.41, 5.74) is 6.02. The number of carbonyl (C=O) groups excluding carboxylic acids is 1. The van der Waals surface area contributed by atoms with Gasteiger partial charge in [0.2, 0.25) is 5.91 Å². The smallest absolute Gasteiger partial charge is 0.247 e. The van der Waals surface area contributed by atoms with E-state index >= 15 is 0 Å². The largest absolute Gasteiger partial charge is 0.493 e. The molecule has 32 heavy (non-hydrogen) atoms. The molecule has 168 valence electrons. The van der Waals surface area contributed by atoms with E-state index in [0.29, 0.717) is 12.6 Å². The summed E-state index contributed by atoms with van der Waals surface area (Å²) in [5.74, 6) is 0.847. The molecule has 2 aromatic carbocycles. The van der Waals surface area contributed by atoms with Gasteiger partial charge >= 0.3 is 0 Å². The van der Waals surface area contributed by atoms with Crippen LogP contribution in [0.25, 0.3) is 27.7 Å². The van der Waals surface area contributed by atoms with E-state index in [0.717, 1.165) is 64.8 Å². The van der Waals surface area contributed by atoms with Gasteiger partial charge in [0.25, 0.3) is 0 Å². The normalized spacial score (nSPS) is 17.1. The predicted octanol–water partition coefficient (Wildman–Crippen LogP) is 7.00. The van der Waals surface area contributed by atoms with E-state index in [1.807, 2.05) is 24.8 Å². The molecule has 0 saturated carbocycles. The van der Waals surface area contributed by atoms with E-state index in [9.17, 15) is 4.79 Å². The van der Waals surface area contributed by atoms with Crippen molar-refractivity contribution >= 4 is 22.4 Å². The van der Waals surface area contributed by atoms with Crippen molar-refractivity contribution in [2.24, 2.45) is 0 Å². The first-order valence-corrected chi connectivity index (χ1v) is 11.8. The molecule has 0 spiro atoms. The minimum atomic E-state index is 0.0996. The lowest BCUT2D eigenvalue weighted by molar-refractivity contribution is -0.129. The number of furan rings is 1. The van der Waals surface area contributed by atoms with Crippen LogP contribution in [0.4, 0.5) is 0 Å². The summed E-state index contributed by atoms with van der Waals surface area (Å²) in [6, 6.07) is 12.8. The Hall–Kier alpha value is -3.01. The first-order chi connectivity index (χ1) is 15.5. The highest BCUT2D eigenvalue weighted by Crippen LogP contribution is 2.37. The van der Waals surface area contributed by atoms with Crippen molar-refractivity contribution in [1.82, 2.24) is 4.90 Å². The summed E-state index contributed by atoms with van der Waals surface area (Å²) < 4.78 is 11.8. The fourth-order valence-electron chi connectivity index (χ4n) is 4.66. The van der Waals surface area contributed by atoms with E-state index in [-0.39, 0.29) is 5.91 Å². The van der Waals surface area contributed by atoms with Gasteiger partial charge in [-0.15, -0.1) is 0 Å². The van der Waals surface area contributed by atoms with Gasteiger partial charge in [-0.2, -0.15) is 0 Å². The topological polar surface area (TPSA) is 42.7 Å². The van der Waals surface area contributed by atoms with Gasteiger partial charge in [0.15, 0.2) is 0 Å². The Labute approximate surface area is 190 Å². The maximum absolute atomic E-state index is 13.1. The van der Waals surface area contributed by atoms with Crippen molar-refractivity contribution in [3.8, 4) is 16.9 Å². The third-order valence-corrected chi connectivity index (χ3v) is 6.48. The molecule has 4 nitrogen and oxygen atoms in total. The number of benzene rings is 2. The number of aryl methyl sites for hydroxylation is 1. The molecule has 0 aliphatic carbocycles. The molecule has 0 bridgehead atoms. The Morgan fingerprint density at radius 2 is 1.97 bits per heavy atom. The lowest BCUT2D eigenvalue weighted by Crippen LogP contribution is -2.42. The maximum atomic E-state index is 13.1. The maximum Gasteiger partial charge on any atom is 0.247 e. The molecule has 3 aromatic rings. The quantitative estimate of drug-likeness (QED) is 0.395. The SMILES string of the molecule is CCOc1cc2occ(-c3ccc(C)cc3)c2cc1/C(C)=C/C(=O)N1CCCCC1CC.